The van der Waals surface area contributed by atoms with Crippen LogP contribution in [-0.4, -0.2) is 50.3 Å². The summed E-state index contributed by atoms with van der Waals surface area (Å²) in [5.41, 5.74) is 2.60. The molecule has 0 spiro atoms. The number of para-hydroxylation sites is 1. The molecular formula is C28H39N5O2. The molecule has 1 aliphatic rings. The van der Waals surface area contributed by atoms with E-state index in [0.717, 1.165) is 48.4 Å². The van der Waals surface area contributed by atoms with Crippen LogP contribution in [0.15, 0.2) is 41.3 Å². The van der Waals surface area contributed by atoms with Crippen LogP contribution in [0.25, 0.3) is 16.5 Å². The van der Waals surface area contributed by atoms with Crippen LogP contribution in [-0.2, 0) is 11.3 Å². The van der Waals surface area contributed by atoms with Crippen LogP contribution >= 0.6 is 0 Å². The first-order valence-corrected chi connectivity index (χ1v) is 13.0. The van der Waals surface area contributed by atoms with Crippen LogP contribution in [0.2, 0.25) is 0 Å². The van der Waals surface area contributed by atoms with Gasteiger partial charge in [0.15, 0.2) is 0 Å². The van der Waals surface area contributed by atoms with E-state index in [4.69, 9.17) is 0 Å². The minimum absolute atomic E-state index is 0.102. The largest absolute Gasteiger partial charge is 0.356 e. The molecule has 1 N–H and O–H groups in total. The van der Waals surface area contributed by atoms with Gasteiger partial charge in [0.05, 0.1) is 17.3 Å². The van der Waals surface area contributed by atoms with Crippen LogP contribution in [0.3, 0.4) is 0 Å². The molecule has 2 aromatic heterocycles. The SMILES string of the molecule is Cc1c2cnn(-c3ccccc3)c(=O)c2c(C)n1CCCC(=O)NCCCN1[C@H](C)CCC[C@@H]1C. The second-order valence-electron chi connectivity index (χ2n) is 9.98. The number of aromatic nitrogens is 3. The molecule has 1 amide bonds. The van der Waals surface area contributed by atoms with E-state index < -0.39 is 0 Å². The Kier molecular flexibility index (Phi) is 8.06. The fourth-order valence-corrected chi connectivity index (χ4v) is 5.59. The molecule has 7 nitrogen and oxygen atoms in total. The lowest BCUT2D eigenvalue weighted by Crippen LogP contribution is -2.44. The summed E-state index contributed by atoms with van der Waals surface area (Å²) in [6.45, 7) is 11.1. The van der Waals surface area contributed by atoms with E-state index in [0.29, 0.717) is 30.4 Å². The van der Waals surface area contributed by atoms with Gasteiger partial charge in [-0.1, -0.05) is 24.6 Å². The van der Waals surface area contributed by atoms with E-state index >= 15 is 0 Å². The van der Waals surface area contributed by atoms with Crippen LogP contribution in [0, 0.1) is 13.8 Å². The highest BCUT2D eigenvalue weighted by Gasteiger charge is 2.23. The number of carbonyl (C=O) groups excluding carboxylic acids is 1. The Morgan fingerprint density at radius 3 is 2.46 bits per heavy atom. The highest BCUT2D eigenvalue weighted by Crippen LogP contribution is 2.24. The molecular weight excluding hydrogens is 438 g/mol. The van der Waals surface area contributed by atoms with Gasteiger partial charge in [-0.3, -0.25) is 14.5 Å². The number of fused-ring (bicyclic) bond motifs is 1. The predicted octanol–water partition coefficient (Wildman–Crippen LogP) is 4.35. The quantitative estimate of drug-likeness (QED) is 0.465. The number of nitrogens with one attached hydrogen (secondary N) is 1. The van der Waals surface area contributed by atoms with Gasteiger partial charge in [-0.15, -0.1) is 0 Å². The minimum Gasteiger partial charge on any atom is -0.356 e. The first-order valence-electron chi connectivity index (χ1n) is 13.0. The molecule has 1 aliphatic heterocycles. The van der Waals surface area contributed by atoms with Crippen molar-refractivity contribution in [1.29, 1.82) is 0 Å². The summed E-state index contributed by atoms with van der Waals surface area (Å²) < 4.78 is 3.60. The number of carbonyl (C=O) groups is 1. The van der Waals surface area contributed by atoms with Crippen molar-refractivity contribution in [3.8, 4) is 5.69 Å². The van der Waals surface area contributed by atoms with E-state index in [1.165, 1.54) is 23.9 Å². The van der Waals surface area contributed by atoms with Crippen molar-refractivity contribution in [2.45, 2.75) is 84.8 Å². The number of nitrogens with zero attached hydrogens (tertiary/aromatic N) is 4. The topological polar surface area (TPSA) is 72.2 Å². The Hall–Kier alpha value is -2.93. The Labute approximate surface area is 208 Å². The monoisotopic (exact) mass is 477 g/mol. The first kappa shape index (κ1) is 25.2. The molecule has 1 aromatic carbocycles. The standard InChI is InChI=1S/C28H39N5O2/c1-20-11-8-12-21(2)31(20)18-10-16-29-26(34)15-9-17-32-22(3)25-19-30-33(24-13-6-5-7-14-24)28(35)27(25)23(32)4/h5-7,13-14,19-21H,8-12,15-18H2,1-4H3,(H,29,34)/t20-,21+. The number of benzene rings is 1. The molecule has 0 unspecified atom stereocenters. The van der Waals surface area contributed by atoms with Crippen molar-refractivity contribution >= 4 is 16.7 Å². The van der Waals surface area contributed by atoms with Gasteiger partial charge in [-0.05, 0) is 65.5 Å². The highest BCUT2D eigenvalue weighted by atomic mass is 16.1. The Bertz CT molecular complexity index is 1200. The van der Waals surface area contributed by atoms with Gasteiger partial charge in [0.1, 0.15) is 0 Å². The Morgan fingerprint density at radius 1 is 1.03 bits per heavy atom. The molecule has 4 rings (SSSR count). The molecule has 3 aromatic rings. The van der Waals surface area contributed by atoms with Gasteiger partial charge >= 0.3 is 0 Å². The minimum atomic E-state index is -0.108. The van der Waals surface area contributed by atoms with Crippen LogP contribution in [0.4, 0.5) is 0 Å². The lowest BCUT2D eigenvalue weighted by Gasteiger charge is -2.39. The number of likely N-dealkylation sites (tertiary alicyclic amines) is 1. The lowest BCUT2D eigenvalue weighted by atomic mass is 9.97. The summed E-state index contributed by atoms with van der Waals surface area (Å²) >= 11 is 0. The second-order valence-corrected chi connectivity index (χ2v) is 9.98. The van der Waals surface area contributed by atoms with Gasteiger partial charge < -0.3 is 9.88 Å². The highest BCUT2D eigenvalue weighted by molar-refractivity contribution is 5.87. The van der Waals surface area contributed by atoms with Crippen molar-refractivity contribution in [2.75, 3.05) is 13.1 Å². The van der Waals surface area contributed by atoms with Crippen molar-refractivity contribution < 1.29 is 4.79 Å². The number of amides is 1. The smallest absolute Gasteiger partial charge is 0.281 e. The van der Waals surface area contributed by atoms with Crippen molar-refractivity contribution in [3.63, 3.8) is 0 Å². The maximum atomic E-state index is 13.2. The van der Waals surface area contributed by atoms with E-state index in [2.05, 4.69) is 33.7 Å². The van der Waals surface area contributed by atoms with Gasteiger partial charge in [0, 0.05) is 54.9 Å². The summed E-state index contributed by atoms with van der Waals surface area (Å²) in [5.74, 6) is 0.102. The van der Waals surface area contributed by atoms with Crippen molar-refractivity contribution in [1.82, 2.24) is 24.6 Å². The number of piperidine rings is 1. The van der Waals surface area contributed by atoms with E-state index in [9.17, 15) is 9.59 Å². The third-order valence-corrected chi connectivity index (χ3v) is 7.62. The van der Waals surface area contributed by atoms with Crippen LogP contribution in [0.5, 0.6) is 0 Å². The van der Waals surface area contributed by atoms with E-state index in [1.807, 2.05) is 44.2 Å². The first-order chi connectivity index (χ1) is 16.9. The predicted molar refractivity (Wildman–Crippen MR) is 141 cm³/mol. The molecule has 2 atom stereocenters. The molecule has 1 fully saturated rings. The number of hydrogen-bond donors (Lipinski definition) is 1. The molecule has 3 heterocycles. The third kappa shape index (κ3) is 5.50. The molecule has 0 radical (unpaired) electrons. The molecule has 188 valence electrons. The van der Waals surface area contributed by atoms with Gasteiger partial charge in [0.2, 0.25) is 5.91 Å². The molecule has 1 saturated heterocycles. The fourth-order valence-electron chi connectivity index (χ4n) is 5.59. The zero-order chi connectivity index (χ0) is 24.9. The van der Waals surface area contributed by atoms with E-state index in [1.54, 1.807) is 6.20 Å². The molecule has 35 heavy (non-hydrogen) atoms. The summed E-state index contributed by atoms with van der Waals surface area (Å²) in [6.07, 6.45) is 7.86. The van der Waals surface area contributed by atoms with Crippen LogP contribution in [0.1, 0.15) is 63.8 Å². The van der Waals surface area contributed by atoms with Crippen molar-refractivity contribution in [2.24, 2.45) is 0 Å². The Balaban J connectivity index is 1.31. The van der Waals surface area contributed by atoms with E-state index in [-0.39, 0.29) is 11.5 Å². The normalized spacial score (nSPS) is 18.7. The van der Waals surface area contributed by atoms with Gasteiger partial charge in [-0.25, -0.2) is 0 Å². The third-order valence-electron chi connectivity index (χ3n) is 7.62. The number of rotatable bonds is 9. The molecule has 0 bridgehead atoms. The average Bonchev–Trinajstić information content (AvgIpc) is 3.09. The van der Waals surface area contributed by atoms with Gasteiger partial charge in [0.25, 0.3) is 5.56 Å². The molecule has 0 aliphatic carbocycles. The average molecular weight is 478 g/mol. The van der Waals surface area contributed by atoms with Crippen LogP contribution < -0.4 is 10.9 Å². The number of hydrogen-bond acceptors (Lipinski definition) is 4. The molecule has 7 heteroatoms. The summed E-state index contributed by atoms with van der Waals surface area (Å²) in [7, 11) is 0. The second kappa shape index (κ2) is 11.2. The maximum Gasteiger partial charge on any atom is 0.281 e. The maximum absolute atomic E-state index is 13.2. The zero-order valence-electron chi connectivity index (χ0n) is 21.6. The fraction of sp³-hybridized carbons (Fsp3) is 0.536. The molecule has 0 saturated carbocycles. The summed E-state index contributed by atoms with van der Waals surface area (Å²) in [4.78, 5) is 28.2. The van der Waals surface area contributed by atoms with Crippen molar-refractivity contribution in [3.05, 3.63) is 58.3 Å². The lowest BCUT2D eigenvalue weighted by molar-refractivity contribution is -0.121. The summed E-state index contributed by atoms with van der Waals surface area (Å²) in [6, 6.07) is 10.8. The number of aryl methyl sites for hydroxylation is 2. The Morgan fingerprint density at radius 2 is 1.74 bits per heavy atom. The summed E-state index contributed by atoms with van der Waals surface area (Å²) in [5, 5.41) is 9.08. The zero-order valence-corrected chi connectivity index (χ0v) is 21.6. The van der Waals surface area contributed by atoms with Gasteiger partial charge in [-0.2, -0.15) is 9.78 Å².